The molecule has 0 spiro atoms. The van der Waals surface area contributed by atoms with E-state index in [1.807, 2.05) is 37.3 Å². The van der Waals surface area contributed by atoms with E-state index in [0.29, 0.717) is 34.8 Å². The molecule has 3 aromatic rings. The number of carbonyl (C=O) groups is 3. The molecule has 186 valence electrons. The zero-order valence-corrected chi connectivity index (χ0v) is 20.9. The van der Waals surface area contributed by atoms with Gasteiger partial charge in [-0.3, -0.25) is 14.4 Å². The number of anilines is 2. The molecule has 5 heteroatoms. The first-order valence-corrected chi connectivity index (χ1v) is 12.9. The average Bonchev–Trinajstić information content (AvgIpc) is 2.90. The number of benzene rings is 3. The summed E-state index contributed by atoms with van der Waals surface area (Å²) in [7, 11) is 0. The van der Waals surface area contributed by atoms with Gasteiger partial charge in [0.05, 0.1) is 12.1 Å². The van der Waals surface area contributed by atoms with Crippen molar-refractivity contribution in [2.75, 3.05) is 10.6 Å². The normalized spacial score (nSPS) is 13.7. The van der Waals surface area contributed by atoms with Gasteiger partial charge in [-0.25, -0.2) is 0 Å². The van der Waals surface area contributed by atoms with E-state index in [2.05, 4.69) is 10.6 Å². The fraction of sp³-hybridized carbons (Fsp3) is 0.323. The van der Waals surface area contributed by atoms with Crippen LogP contribution >= 0.6 is 0 Å². The van der Waals surface area contributed by atoms with E-state index in [4.69, 9.17) is 0 Å². The van der Waals surface area contributed by atoms with Crippen LogP contribution in [0.15, 0.2) is 72.8 Å². The molecule has 1 fully saturated rings. The first-order valence-electron chi connectivity index (χ1n) is 12.9. The van der Waals surface area contributed by atoms with Crippen LogP contribution in [0.1, 0.15) is 72.0 Å². The molecule has 0 heterocycles. The van der Waals surface area contributed by atoms with Crippen molar-refractivity contribution in [2.45, 2.75) is 58.3 Å². The number of hydrogen-bond donors (Lipinski definition) is 2. The maximum absolute atomic E-state index is 13.4. The highest BCUT2D eigenvalue weighted by molar-refractivity contribution is 6.14. The molecule has 2 amide bonds. The summed E-state index contributed by atoms with van der Waals surface area (Å²) in [6, 6.07) is 21.8. The summed E-state index contributed by atoms with van der Waals surface area (Å²) in [6.07, 6.45) is 7.81. The maximum atomic E-state index is 13.4. The van der Waals surface area contributed by atoms with Gasteiger partial charge in [0.2, 0.25) is 11.8 Å². The quantitative estimate of drug-likeness (QED) is 0.333. The van der Waals surface area contributed by atoms with Crippen molar-refractivity contribution >= 4 is 29.0 Å². The summed E-state index contributed by atoms with van der Waals surface area (Å²) >= 11 is 0. The molecule has 0 atom stereocenters. The van der Waals surface area contributed by atoms with Gasteiger partial charge >= 0.3 is 0 Å². The summed E-state index contributed by atoms with van der Waals surface area (Å²) < 4.78 is 0. The monoisotopic (exact) mass is 482 g/mol. The van der Waals surface area contributed by atoms with E-state index in [1.165, 1.54) is 32.1 Å². The van der Waals surface area contributed by atoms with Gasteiger partial charge in [0, 0.05) is 23.2 Å². The molecule has 1 saturated carbocycles. The number of carbonyl (C=O) groups excluding carboxylic acids is 3. The molecular formula is C31H34N2O3. The lowest BCUT2D eigenvalue weighted by atomic mass is 9.86. The predicted molar refractivity (Wildman–Crippen MR) is 144 cm³/mol. The Balaban J connectivity index is 1.49. The highest BCUT2D eigenvalue weighted by Crippen LogP contribution is 2.28. The van der Waals surface area contributed by atoms with Gasteiger partial charge < -0.3 is 10.6 Å². The Morgan fingerprint density at radius 1 is 0.806 bits per heavy atom. The highest BCUT2D eigenvalue weighted by atomic mass is 16.2. The van der Waals surface area contributed by atoms with Crippen LogP contribution in [0.25, 0.3) is 0 Å². The van der Waals surface area contributed by atoms with Crippen LogP contribution in [-0.2, 0) is 16.0 Å². The molecule has 36 heavy (non-hydrogen) atoms. The first-order chi connectivity index (χ1) is 17.5. The summed E-state index contributed by atoms with van der Waals surface area (Å²) in [4.78, 5) is 38.8. The van der Waals surface area contributed by atoms with E-state index in [1.54, 1.807) is 42.5 Å². The lowest BCUT2D eigenvalue weighted by Crippen LogP contribution is -2.18. The van der Waals surface area contributed by atoms with Crippen molar-refractivity contribution in [1.29, 1.82) is 0 Å². The Labute approximate surface area is 213 Å². The van der Waals surface area contributed by atoms with Gasteiger partial charge in [0.1, 0.15) is 0 Å². The summed E-state index contributed by atoms with van der Waals surface area (Å²) in [5.74, 6) is 0.172. The van der Waals surface area contributed by atoms with Crippen molar-refractivity contribution < 1.29 is 14.4 Å². The third-order valence-electron chi connectivity index (χ3n) is 6.85. The van der Waals surface area contributed by atoms with E-state index in [-0.39, 0.29) is 24.0 Å². The number of ketones is 1. The molecule has 5 nitrogen and oxygen atoms in total. The number of rotatable bonds is 9. The van der Waals surface area contributed by atoms with Crippen LogP contribution < -0.4 is 10.6 Å². The molecule has 3 aromatic carbocycles. The fourth-order valence-electron chi connectivity index (χ4n) is 4.78. The van der Waals surface area contributed by atoms with Crippen molar-refractivity contribution in [2.24, 2.45) is 5.92 Å². The largest absolute Gasteiger partial charge is 0.326 e. The van der Waals surface area contributed by atoms with E-state index in [0.717, 1.165) is 17.5 Å². The molecule has 0 radical (unpaired) electrons. The van der Waals surface area contributed by atoms with Crippen LogP contribution in [0, 0.1) is 12.8 Å². The minimum atomic E-state index is -0.209. The Kier molecular flexibility index (Phi) is 8.66. The summed E-state index contributed by atoms with van der Waals surface area (Å²) in [5.41, 5.74) is 3.89. The third kappa shape index (κ3) is 7.14. The molecule has 2 N–H and O–H groups in total. The van der Waals surface area contributed by atoms with Crippen LogP contribution in [-0.4, -0.2) is 17.6 Å². The van der Waals surface area contributed by atoms with Crippen molar-refractivity contribution in [3.63, 3.8) is 0 Å². The van der Waals surface area contributed by atoms with Crippen LogP contribution in [0.4, 0.5) is 11.4 Å². The zero-order chi connectivity index (χ0) is 25.3. The first kappa shape index (κ1) is 25.4. The number of hydrogen-bond acceptors (Lipinski definition) is 3. The molecule has 0 bridgehead atoms. The van der Waals surface area contributed by atoms with Crippen molar-refractivity contribution in [3.8, 4) is 0 Å². The second kappa shape index (κ2) is 12.3. The van der Waals surface area contributed by atoms with Gasteiger partial charge in [-0.05, 0) is 43.0 Å². The Morgan fingerprint density at radius 3 is 2.25 bits per heavy atom. The van der Waals surface area contributed by atoms with E-state index in [9.17, 15) is 14.4 Å². The van der Waals surface area contributed by atoms with Crippen molar-refractivity contribution in [1.82, 2.24) is 0 Å². The second-order valence-corrected chi connectivity index (χ2v) is 9.76. The summed E-state index contributed by atoms with van der Waals surface area (Å²) in [6.45, 7) is 2.00. The molecular weight excluding hydrogens is 448 g/mol. The Hall–Kier alpha value is -3.73. The maximum Gasteiger partial charge on any atom is 0.228 e. The standard InChI is InChI=1S/C31H34N2O3/c1-22-12-14-24(15-13-22)20-30(35)33-28-18-17-26(21-27(28)31(36)25-10-6-3-7-11-25)32-29(34)19-16-23-8-4-2-5-9-23/h3,6-7,10-15,17-18,21,23H,2,4-5,8-9,16,19-20H2,1H3,(H,32,34)(H,33,35). The Morgan fingerprint density at radius 2 is 1.53 bits per heavy atom. The van der Waals surface area contributed by atoms with Gasteiger partial charge in [-0.2, -0.15) is 0 Å². The molecule has 1 aliphatic rings. The molecule has 0 aliphatic heterocycles. The molecule has 1 aliphatic carbocycles. The van der Waals surface area contributed by atoms with Crippen LogP contribution in [0.5, 0.6) is 0 Å². The van der Waals surface area contributed by atoms with Crippen LogP contribution in [0.2, 0.25) is 0 Å². The minimum absolute atomic E-state index is 0.0464. The van der Waals surface area contributed by atoms with Gasteiger partial charge in [0.25, 0.3) is 0 Å². The molecule has 0 aromatic heterocycles. The minimum Gasteiger partial charge on any atom is -0.326 e. The fourth-order valence-corrected chi connectivity index (χ4v) is 4.78. The van der Waals surface area contributed by atoms with Crippen molar-refractivity contribution in [3.05, 3.63) is 95.1 Å². The SMILES string of the molecule is Cc1ccc(CC(=O)Nc2ccc(NC(=O)CCC3CCCCC3)cc2C(=O)c2ccccc2)cc1. The smallest absolute Gasteiger partial charge is 0.228 e. The average molecular weight is 483 g/mol. The van der Waals surface area contributed by atoms with E-state index >= 15 is 0 Å². The zero-order valence-electron chi connectivity index (χ0n) is 20.9. The van der Waals surface area contributed by atoms with E-state index < -0.39 is 0 Å². The third-order valence-corrected chi connectivity index (χ3v) is 6.85. The lowest BCUT2D eigenvalue weighted by Gasteiger charge is -2.21. The lowest BCUT2D eigenvalue weighted by molar-refractivity contribution is -0.117. The number of amides is 2. The molecule has 0 unspecified atom stereocenters. The number of nitrogens with one attached hydrogen (secondary N) is 2. The van der Waals surface area contributed by atoms with Gasteiger partial charge in [-0.1, -0.05) is 92.3 Å². The van der Waals surface area contributed by atoms with Crippen LogP contribution in [0.3, 0.4) is 0 Å². The highest BCUT2D eigenvalue weighted by Gasteiger charge is 2.18. The topological polar surface area (TPSA) is 75.3 Å². The van der Waals surface area contributed by atoms with Gasteiger partial charge in [0.15, 0.2) is 5.78 Å². The molecule has 0 saturated heterocycles. The van der Waals surface area contributed by atoms with Gasteiger partial charge in [-0.15, -0.1) is 0 Å². The number of aryl methyl sites for hydroxylation is 1. The second-order valence-electron chi connectivity index (χ2n) is 9.76. The molecule has 4 rings (SSSR count). The summed E-state index contributed by atoms with van der Waals surface area (Å²) in [5, 5.41) is 5.85. The predicted octanol–water partition coefficient (Wildman–Crippen LogP) is 6.71. The Bertz CT molecular complexity index is 1200.